The Labute approximate surface area is 103 Å². The molecule has 0 aliphatic carbocycles. The molecule has 0 saturated heterocycles. The zero-order valence-electron chi connectivity index (χ0n) is 10.1. The Balaban J connectivity index is 2.89. The highest BCUT2D eigenvalue weighted by molar-refractivity contribution is 5.93. The molecule has 0 bridgehead atoms. The summed E-state index contributed by atoms with van der Waals surface area (Å²) in [5.41, 5.74) is 1.98. The monoisotopic (exact) mass is 260 g/mol. The van der Waals surface area contributed by atoms with Gasteiger partial charge in [0.05, 0.1) is 5.69 Å². The number of nitrogens with one attached hydrogen (secondary N) is 2. The van der Waals surface area contributed by atoms with Crippen molar-refractivity contribution in [1.29, 1.82) is 0 Å². The fourth-order valence-electron chi connectivity index (χ4n) is 1.15. The standard InChI is InChI=1S/C11H15F3N4/c1-6(2)5-16-11(18-15)17-8-4-3-7(12)9(13)10(8)14/h3-4,6H,5,15H2,1-2H3,(H2,16,17,18). The highest BCUT2D eigenvalue weighted by atomic mass is 19.2. The third-order valence-corrected chi connectivity index (χ3v) is 2.04. The minimum absolute atomic E-state index is 0.0774. The molecule has 0 aliphatic rings. The largest absolute Gasteiger partial charge is 0.323 e. The lowest BCUT2D eigenvalue weighted by Crippen LogP contribution is -2.37. The maximum absolute atomic E-state index is 13.4. The summed E-state index contributed by atoms with van der Waals surface area (Å²) in [4.78, 5) is 4.02. The lowest BCUT2D eigenvalue weighted by Gasteiger charge is -2.11. The quantitative estimate of drug-likeness (QED) is 0.256. The second-order valence-electron chi connectivity index (χ2n) is 4.08. The van der Waals surface area contributed by atoms with E-state index < -0.39 is 17.5 Å². The molecule has 0 amide bonds. The van der Waals surface area contributed by atoms with Gasteiger partial charge in [-0.05, 0) is 18.1 Å². The summed E-state index contributed by atoms with van der Waals surface area (Å²) in [6.07, 6.45) is 0. The fourth-order valence-corrected chi connectivity index (χ4v) is 1.15. The minimum Gasteiger partial charge on any atom is -0.323 e. The van der Waals surface area contributed by atoms with Gasteiger partial charge in [0, 0.05) is 6.54 Å². The van der Waals surface area contributed by atoms with Crippen molar-refractivity contribution in [2.75, 3.05) is 11.9 Å². The third kappa shape index (κ3) is 3.63. The topological polar surface area (TPSA) is 62.4 Å². The number of hydrazine groups is 1. The predicted octanol–water partition coefficient (Wildman–Crippen LogP) is 1.99. The summed E-state index contributed by atoms with van der Waals surface area (Å²) in [7, 11) is 0. The van der Waals surface area contributed by atoms with Crippen LogP contribution in [0.5, 0.6) is 0 Å². The van der Waals surface area contributed by atoms with Gasteiger partial charge in [0.2, 0.25) is 5.96 Å². The maximum Gasteiger partial charge on any atom is 0.210 e. The first kappa shape index (κ1) is 14.3. The first-order chi connectivity index (χ1) is 8.45. The summed E-state index contributed by atoms with van der Waals surface area (Å²) in [5, 5.41) is 2.45. The normalized spacial score (nSPS) is 11.8. The Hall–Kier alpha value is -1.76. The smallest absolute Gasteiger partial charge is 0.210 e. The molecule has 18 heavy (non-hydrogen) atoms. The second kappa shape index (κ2) is 6.25. The zero-order chi connectivity index (χ0) is 13.7. The molecule has 0 heterocycles. The van der Waals surface area contributed by atoms with Gasteiger partial charge < -0.3 is 5.32 Å². The Morgan fingerprint density at radius 3 is 2.50 bits per heavy atom. The molecule has 100 valence electrons. The van der Waals surface area contributed by atoms with Crippen LogP contribution in [0.15, 0.2) is 17.1 Å². The molecular formula is C11H15F3N4. The Kier molecular flexibility index (Phi) is 4.96. The first-order valence-corrected chi connectivity index (χ1v) is 5.37. The van der Waals surface area contributed by atoms with Crippen molar-refractivity contribution in [3.63, 3.8) is 0 Å². The number of aliphatic imine (C=N–C) groups is 1. The highest BCUT2D eigenvalue weighted by Crippen LogP contribution is 2.19. The second-order valence-corrected chi connectivity index (χ2v) is 4.08. The fraction of sp³-hybridized carbons (Fsp3) is 0.364. The van der Waals surface area contributed by atoms with Crippen molar-refractivity contribution in [3.05, 3.63) is 29.6 Å². The molecule has 7 heteroatoms. The number of nitrogens with two attached hydrogens (primary N) is 1. The Bertz CT molecular complexity index is 446. The van der Waals surface area contributed by atoms with Crippen LogP contribution in [-0.4, -0.2) is 12.5 Å². The van der Waals surface area contributed by atoms with Gasteiger partial charge in [0.25, 0.3) is 0 Å². The van der Waals surface area contributed by atoms with E-state index in [0.29, 0.717) is 6.54 Å². The summed E-state index contributed by atoms with van der Waals surface area (Å²) in [6, 6.07) is 1.88. The minimum atomic E-state index is -1.54. The number of halogens is 3. The molecule has 1 aromatic carbocycles. The van der Waals surface area contributed by atoms with E-state index in [1.165, 1.54) is 0 Å². The molecule has 0 unspecified atom stereocenters. The maximum atomic E-state index is 13.4. The molecular weight excluding hydrogens is 245 g/mol. The van der Waals surface area contributed by atoms with Crippen LogP contribution >= 0.6 is 0 Å². The van der Waals surface area contributed by atoms with Crippen molar-refractivity contribution in [1.82, 2.24) is 5.43 Å². The number of anilines is 1. The summed E-state index contributed by atoms with van der Waals surface area (Å²) >= 11 is 0. The van der Waals surface area contributed by atoms with Gasteiger partial charge in [-0.3, -0.25) is 10.4 Å². The van der Waals surface area contributed by atoms with E-state index in [1.54, 1.807) is 0 Å². The lowest BCUT2D eigenvalue weighted by molar-refractivity contribution is 0.449. The average molecular weight is 260 g/mol. The highest BCUT2D eigenvalue weighted by Gasteiger charge is 2.14. The Morgan fingerprint density at radius 2 is 1.94 bits per heavy atom. The molecule has 0 fully saturated rings. The van der Waals surface area contributed by atoms with E-state index in [2.05, 4.69) is 15.7 Å². The van der Waals surface area contributed by atoms with E-state index in [0.717, 1.165) is 12.1 Å². The van der Waals surface area contributed by atoms with Gasteiger partial charge in [-0.25, -0.2) is 19.0 Å². The average Bonchev–Trinajstić information content (AvgIpc) is 2.34. The number of guanidine groups is 1. The molecule has 0 radical (unpaired) electrons. The molecule has 0 aromatic heterocycles. The molecule has 1 rings (SSSR count). The molecule has 4 nitrogen and oxygen atoms in total. The van der Waals surface area contributed by atoms with Crippen molar-refractivity contribution in [2.24, 2.45) is 16.8 Å². The van der Waals surface area contributed by atoms with Gasteiger partial charge in [-0.2, -0.15) is 0 Å². The molecule has 0 aliphatic heterocycles. The zero-order valence-corrected chi connectivity index (χ0v) is 10.1. The summed E-state index contributed by atoms with van der Waals surface area (Å²) in [6.45, 7) is 4.34. The molecule has 0 spiro atoms. The lowest BCUT2D eigenvalue weighted by atomic mass is 10.2. The number of hydrogen-bond acceptors (Lipinski definition) is 2. The van der Waals surface area contributed by atoms with Crippen LogP contribution in [0.3, 0.4) is 0 Å². The Morgan fingerprint density at radius 1 is 1.28 bits per heavy atom. The number of benzene rings is 1. The van der Waals surface area contributed by atoms with Crippen LogP contribution in [0.4, 0.5) is 18.9 Å². The number of hydrogen-bond donors (Lipinski definition) is 3. The molecule has 0 saturated carbocycles. The summed E-state index contributed by atoms with van der Waals surface area (Å²) < 4.78 is 39.1. The van der Waals surface area contributed by atoms with E-state index >= 15 is 0 Å². The molecule has 4 N–H and O–H groups in total. The molecule has 0 atom stereocenters. The van der Waals surface area contributed by atoms with Crippen LogP contribution in [0.2, 0.25) is 0 Å². The van der Waals surface area contributed by atoms with Crippen LogP contribution in [-0.2, 0) is 0 Å². The van der Waals surface area contributed by atoms with Crippen LogP contribution in [0.1, 0.15) is 13.8 Å². The van der Waals surface area contributed by atoms with Gasteiger partial charge in [-0.1, -0.05) is 13.8 Å². The van der Waals surface area contributed by atoms with Gasteiger partial charge >= 0.3 is 0 Å². The van der Waals surface area contributed by atoms with Gasteiger partial charge in [-0.15, -0.1) is 0 Å². The number of rotatable bonds is 3. The van der Waals surface area contributed by atoms with Crippen LogP contribution in [0.25, 0.3) is 0 Å². The van der Waals surface area contributed by atoms with Crippen LogP contribution in [0, 0.1) is 23.4 Å². The summed E-state index contributed by atoms with van der Waals surface area (Å²) in [5.74, 6) is 1.44. The van der Waals surface area contributed by atoms with Crippen molar-refractivity contribution in [2.45, 2.75) is 13.8 Å². The van der Waals surface area contributed by atoms with Crippen molar-refractivity contribution in [3.8, 4) is 0 Å². The van der Waals surface area contributed by atoms with Gasteiger partial charge in [0.1, 0.15) is 0 Å². The number of nitrogens with zero attached hydrogens (tertiary/aromatic N) is 1. The van der Waals surface area contributed by atoms with E-state index in [-0.39, 0.29) is 17.6 Å². The first-order valence-electron chi connectivity index (χ1n) is 5.37. The predicted molar refractivity (Wildman–Crippen MR) is 64.4 cm³/mol. The van der Waals surface area contributed by atoms with Gasteiger partial charge in [0.15, 0.2) is 17.5 Å². The van der Waals surface area contributed by atoms with E-state index in [1.807, 2.05) is 13.8 Å². The van der Waals surface area contributed by atoms with E-state index in [4.69, 9.17) is 5.84 Å². The SMILES string of the molecule is CC(C)CN=C(NN)Nc1ccc(F)c(F)c1F. The van der Waals surface area contributed by atoms with Crippen molar-refractivity contribution < 1.29 is 13.2 Å². The van der Waals surface area contributed by atoms with Crippen molar-refractivity contribution >= 4 is 11.6 Å². The van der Waals surface area contributed by atoms with E-state index in [9.17, 15) is 13.2 Å². The van der Waals surface area contributed by atoms with Crippen LogP contribution < -0.4 is 16.6 Å². The third-order valence-electron chi connectivity index (χ3n) is 2.04. The molecule has 1 aromatic rings.